The molecule has 74 valence electrons. The van der Waals surface area contributed by atoms with E-state index in [1.165, 1.54) is 0 Å². The van der Waals surface area contributed by atoms with Crippen molar-refractivity contribution in [2.45, 2.75) is 26.1 Å². The first kappa shape index (κ1) is 10.5. The molecule has 1 aliphatic rings. The van der Waals surface area contributed by atoms with E-state index in [0.29, 0.717) is 0 Å². The lowest BCUT2D eigenvalue weighted by atomic mass is 10.3. The van der Waals surface area contributed by atoms with E-state index in [0.717, 1.165) is 31.2 Å². The summed E-state index contributed by atoms with van der Waals surface area (Å²) in [5.41, 5.74) is 1.16. The van der Waals surface area contributed by atoms with Gasteiger partial charge in [0.1, 0.15) is 11.9 Å². The van der Waals surface area contributed by atoms with Gasteiger partial charge in [0.05, 0.1) is 5.69 Å². The van der Waals surface area contributed by atoms with Crippen molar-refractivity contribution in [2.24, 2.45) is 0 Å². The molecular weight excluding hydrogens is 190 g/mol. The Labute approximate surface area is 83.4 Å². The van der Waals surface area contributed by atoms with E-state index >= 15 is 0 Å². The van der Waals surface area contributed by atoms with Gasteiger partial charge in [0.2, 0.25) is 0 Å². The Bertz CT molecular complexity index is 285. The minimum atomic E-state index is -0.461. The number of aliphatic hydroxyl groups is 1. The average molecular weight is 204 g/mol. The molecule has 0 aromatic carbocycles. The molecule has 1 aromatic heterocycles. The van der Waals surface area contributed by atoms with Gasteiger partial charge < -0.3 is 15.0 Å². The molecule has 4 nitrogen and oxygen atoms in total. The van der Waals surface area contributed by atoms with Gasteiger partial charge in [-0.25, -0.2) is 4.98 Å². The Kier molecular flexibility index (Phi) is 3.30. The molecule has 0 saturated heterocycles. The predicted molar refractivity (Wildman–Crippen MR) is 51.8 cm³/mol. The number of rotatable bonds is 1. The van der Waals surface area contributed by atoms with Crippen LogP contribution in [0.3, 0.4) is 0 Å². The molecule has 0 amide bonds. The van der Waals surface area contributed by atoms with Gasteiger partial charge in [-0.3, -0.25) is 0 Å². The number of aliphatic hydroxyl groups excluding tert-OH is 1. The van der Waals surface area contributed by atoms with Gasteiger partial charge in [-0.15, -0.1) is 12.4 Å². The molecule has 0 spiro atoms. The van der Waals surface area contributed by atoms with Gasteiger partial charge in [-0.2, -0.15) is 0 Å². The van der Waals surface area contributed by atoms with Crippen LogP contribution in [-0.2, 0) is 13.1 Å². The second kappa shape index (κ2) is 4.09. The van der Waals surface area contributed by atoms with Crippen molar-refractivity contribution in [3.63, 3.8) is 0 Å². The van der Waals surface area contributed by atoms with E-state index in [9.17, 15) is 5.11 Å². The maximum atomic E-state index is 9.36. The first-order valence-corrected chi connectivity index (χ1v) is 4.22. The molecule has 0 aliphatic carbocycles. The molecule has 2 N–H and O–H groups in total. The van der Waals surface area contributed by atoms with Crippen molar-refractivity contribution in [2.75, 3.05) is 6.54 Å². The average Bonchev–Trinajstić information content (AvgIpc) is 2.47. The molecule has 5 heteroatoms. The van der Waals surface area contributed by atoms with Gasteiger partial charge in [0.25, 0.3) is 0 Å². The summed E-state index contributed by atoms with van der Waals surface area (Å²) in [5, 5.41) is 12.6. The van der Waals surface area contributed by atoms with Gasteiger partial charge in [0.15, 0.2) is 0 Å². The largest absolute Gasteiger partial charge is 0.385 e. The van der Waals surface area contributed by atoms with Crippen LogP contribution in [0.15, 0.2) is 6.20 Å². The molecule has 1 aliphatic heterocycles. The molecule has 0 bridgehead atoms. The fourth-order valence-electron chi connectivity index (χ4n) is 1.57. The van der Waals surface area contributed by atoms with Gasteiger partial charge >= 0.3 is 0 Å². The highest BCUT2D eigenvalue weighted by Crippen LogP contribution is 2.14. The third kappa shape index (κ3) is 1.85. The lowest BCUT2D eigenvalue weighted by Gasteiger charge is -2.18. The molecule has 13 heavy (non-hydrogen) atoms. The quantitative estimate of drug-likeness (QED) is 0.698. The van der Waals surface area contributed by atoms with Crippen LogP contribution in [0.1, 0.15) is 24.5 Å². The Morgan fingerprint density at radius 1 is 1.69 bits per heavy atom. The predicted octanol–water partition coefficient (Wildman–Crippen LogP) is 0.461. The van der Waals surface area contributed by atoms with Crippen LogP contribution in [-0.4, -0.2) is 21.2 Å². The number of hydrogen-bond acceptors (Lipinski definition) is 3. The summed E-state index contributed by atoms with van der Waals surface area (Å²) in [7, 11) is 0. The highest BCUT2D eigenvalue weighted by Gasteiger charge is 2.15. The van der Waals surface area contributed by atoms with Crippen LogP contribution >= 0.6 is 12.4 Å². The third-order valence-electron chi connectivity index (χ3n) is 2.16. The van der Waals surface area contributed by atoms with Crippen LogP contribution < -0.4 is 5.32 Å². The number of aromatic nitrogens is 2. The maximum absolute atomic E-state index is 9.36. The number of hydrogen-bond donors (Lipinski definition) is 2. The zero-order valence-corrected chi connectivity index (χ0v) is 8.34. The summed E-state index contributed by atoms with van der Waals surface area (Å²) >= 11 is 0. The fraction of sp³-hybridized carbons (Fsp3) is 0.625. The first-order chi connectivity index (χ1) is 5.79. The van der Waals surface area contributed by atoms with Gasteiger partial charge in [-0.05, 0) is 6.92 Å². The Morgan fingerprint density at radius 3 is 3.15 bits per heavy atom. The zero-order chi connectivity index (χ0) is 8.55. The normalized spacial score (nSPS) is 17.4. The van der Waals surface area contributed by atoms with Gasteiger partial charge in [0, 0.05) is 25.8 Å². The zero-order valence-electron chi connectivity index (χ0n) is 7.53. The Morgan fingerprint density at radius 2 is 2.46 bits per heavy atom. The SMILES string of the molecule is CC(O)c1ncc2n1CCNC2.Cl. The highest BCUT2D eigenvalue weighted by atomic mass is 35.5. The smallest absolute Gasteiger partial charge is 0.137 e. The number of halogens is 1. The van der Waals surface area contributed by atoms with Crippen LogP contribution in [0.25, 0.3) is 0 Å². The minimum absolute atomic E-state index is 0. The van der Waals surface area contributed by atoms with Crippen molar-refractivity contribution in [3.05, 3.63) is 17.7 Å². The molecule has 1 unspecified atom stereocenters. The van der Waals surface area contributed by atoms with E-state index in [2.05, 4.69) is 14.9 Å². The summed E-state index contributed by atoms with van der Waals surface area (Å²) in [4.78, 5) is 4.17. The third-order valence-corrected chi connectivity index (χ3v) is 2.16. The molecule has 2 rings (SSSR count). The van der Waals surface area contributed by atoms with Crippen molar-refractivity contribution >= 4 is 12.4 Å². The number of fused-ring (bicyclic) bond motifs is 1. The van der Waals surface area contributed by atoms with E-state index in [4.69, 9.17) is 0 Å². The molecule has 0 saturated carbocycles. The molecule has 0 radical (unpaired) electrons. The van der Waals surface area contributed by atoms with Crippen molar-refractivity contribution in [1.29, 1.82) is 0 Å². The van der Waals surface area contributed by atoms with Crippen molar-refractivity contribution in [3.8, 4) is 0 Å². The number of imidazole rings is 1. The fourth-order valence-corrected chi connectivity index (χ4v) is 1.57. The van der Waals surface area contributed by atoms with Crippen molar-refractivity contribution < 1.29 is 5.11 Å². The van der Waals surface area contributed by atoms with Crippen LogP contribution in [0.2, 0.25) is 0 Å². The summed E-state index contributed by atoms with van der Waals surface area (Å²) < 4.78 is 2.08. The first-order valence-electron chi connectivity index (χ1n) is 4.22. The molecule has 1 atom stereocenters. The molecular formula is C8H14ClN3O. The Balaban J connectivity index is 0.000000845. The minimum Gasteiger partial charge on any atom is -0.385 e. The van der Waals surface area contributed by atoms with Crippen molar-refractivity contribution in [1.82, 2.24) is 14.9 Å². The lowest BCUT2D eigenvalue weighted by molar-refractivity contribution is 0.182. The topological polar surface area (TPSA) is 50.1 Å². The molecule has 1 aromatic rings. The van der Waals surface area contributed by atoms with E-state index in [1.807, 2.05) is 6.20 Å². The summed E-state index contributed by atoms with van der Waals surface area (Å²) in [6, 6.07) is 0. The Hall–Kier alpha value is -0.580. The second-order valence-electron chi connectivity index (χ2n) is 3.11. The van der Waals surface area contributed by atoms with E-state index in [1.54, 1.807) is 6.92 Å². The molecule has 2 heterocycles. The lowest BCUT2D eigenvalue weighted by Crippen LogP contribution is -2.28. The summed E-state index contributed by atoms with van der Waals surface area (Å²) in [5.74, 6) is 0.784. The number of nitrogens with one attached hydrogen (secondary N) is 1. The summed E-state index contributed by atoms with van der Waals surface area (Å²) in [6.07, 6.45) is 1.37. The van der Waals surface area contributed by atoms with Gasteiger partial charge in [-0.1, -0.05) is 0 Å². The number of nitrogens with zero attached hydrogens (tertiary/aromatic N) is 2. The van der Waals surface area contributed by atoms with E-state index in [-0.39, 0.29) is 12.4 Å². The summed E-state index contributed by atoms with van der Waals surface area (Å²) in [6.45, 7) is 4.48. The standard InChI is InChI=1S/C8H13N3O.ClH/c1-6(12)8-10-5-7-4-9-2-3-11(7)8;/h5-6,9,12H,2-4H2,1H3;1H. The van der Waals surface area contributed by atoms with Crippen LogP contribution in [0, 0.1) is 0 Å². The maximum Gasteiger partial charge on any atom is 0.137 e. The molecule has 0 fully saturated rings. The van der Waals surface area contributed by atoms with Crippen LogP contribution in [0.5, 0.6) is 0 Å². The highest BCUT2D eigenvalue weighted by molar-refractivity contribution is 5.85. The van der Waals surface area contributed by atoms with Crippen LogP contribution in [0.4, 0.5) is 0 Å². The van der Waals surface area contributed by atoms with E-state index < -0.39 is 6.10 Å². The monoisotopic (exact) mass is 203 g/mol. The second-order valence-corrected chi connectivity index (χ2v) is 3.11.